The van der Waals surface area contributed by atoms with Crippen molar-refractivity contribution in [2.45, 2.75) is 32.4 Å². The Morgan fingerprint density at radius 1 is 1.29 bits per heavy atom. The molecule has 1 unspecified atom stereocenters. The average molecular weight is 445 g/mol. The number of hydrogen-bond acceptors (Lipinski definition) is 8. The molecule has 0 aromatic carbocycles. The highest BCUT2D eigenvalue weighted by Crippen LogP contribution is 2.30. The van der Waals surface area contributed by atoms with E-state index in [1.165, 1.54) is 30.0 Å². The zero-order chi connectivity index (χ0) is 21.8. The van der Waals surface area contributed by atoms with Gasteiger partial charge < -0.3 is 19.2 Å². The second kappa shape index (κ2) is 9.15. The van der Waals surface area contributed by atoms with Gasteiger partial charge in [-0.05, 0) is 43.0 Å². The monoisotopic (exact) mass is 445 g/mol. The average Bonchev–Trinajstić information content (AvgIpc) is 3.22. The molecular weight excluding hydrogens is 421 g/mol. The molecule has 10 nitrogen and oxygen atoms in total. The first-order valence-corrected chi connectivity index (χ1v) is 11.5. The quantitative estimate of drug-likeness (QED) is 0.410. The third-order valence-electron chi connectivity index (χ3n) is 5.17. The van der Waals surface area contributed by atoms with E-state index < -0.39 is 14.6 Å². The van der Waals surface area contributed by atoms with Crippen LogP contribution in [-0.2, 0) is 22.2 Å². The summed E-state index contributed by atoms with van der Waals surface area (Å²) in [6, 6.07) is 9.24. The smallest absolute Gasteiger partial charge is 0.285 e. The molecule has 0 amide bonds. The summed E-state index contributed by atoms with van der Waals surface area (Å²) in [4.78, 5) is 26.5. The van der Waals surface area contributed by atoms with Crippen LogP contribution in [-0.4, -0.2) is 28.1 Å². The Morgan fingerprint density at radius 2 is 2.10 bits per heavy atom. The van der Waals surface area contributed by atoms with Crippen molar-refractivity contribution in [1.82, 2.24) is 10.1 Å². The minimum absolute atomic E-state index is 0.214. The summed E-state index contributed by atoms with van der Waals surface area (Å²) in [5.41, 5.74) is 8.36. The largest absolute Gasteiger partial charge is 0.756 e. The zero-order valence-corrected chi connectivity index (χ0v) is 17.8. The van der Waals surface area contributed by atoms with Gasteiger partial charge in [-0.2, -0.15) is 0 Å². The van der Waals surface area contributed by atoms with Crippen molar-refractivity contribution in [3.8, 4) is 11.3 Å². The summed E-state index contributed by atoms with van der Waals surface area (Å²) >= 11 is 0. The van der Waals surface area contributed by atoms with Gasteiger partial charge in [0.05, 0.1) is 11.9 Å². The van der Waals surface area contributed by atoms with Crippen LogP contribution >= 0.6 is 7.82 Å². The van der Waals surface area contributed by atoms with E-state index in [1.807, 2.05) is 18.3 Å². The maximum atomic E-state index is 10.8. The Hall–Kier alpha value is -2.78. The third-order valence-corrected chi connectivity index (χ3v) is 5.61. The van der Waals surface area contributed by atoms with Crippen molar-refractivity contribution in [1.29, 1.82) is 0 Å². The van der Waals surface area contributed by atoms with Crippen molar-refractivity contribution in [2.75, 3.05) is 23.7 Å². The number of nitrogens with zero attached hydrogens (tertiary/aromatic N) is 4. The third kappa shape index (κ3) is 5.48. The van der Waals surface area contributed by atoms with Gasteiger partial charge in [0.1, 0.15) is 11.4 Å². The number of rotatable bonds is 7. The van der Waals surface area contributed by atoms with Crippen LogP contribution in [0.4, 0.5) is 11.6 Å². The van der Waals surface area contributed by atoms with E-state index in [4.69, 9.17) is 15.2 Å². The van der Waals surface area contributed by atoms with Crippen LogP contribution in [0, 0.1) is 0 Å². The van der Waals surface area contributed by atoms with Crippen LogP contribution in [0.1, 0.15) is 30.5 Å². The number of aromatic nitrogens is 3. The highest BCUT2D eigenvalue weighted by atomic mass is 31.2. The molecule has 164 valence electrons. The molecule has 4 rings (SSSR count). The van der Waals surface area contributed by atoms with Gasteiger partial charge in [0, 0.05) is 31.8 Å². The van der Waals surface area contributed by atoms with Gasteiger partial charge in [-0.3, -0.25) is 14.8 Å². The summed E-state index contributed by atoms with van der Waals surface area (Å²) in [7, 11) is -4.86. The van der Waals surface area contributed by atoms with E-state index in [1.54, 1.807) is 18.2 Å². The molecule has 1 aliphatic rings. The first-order valence-electron chi connectivity index (χ1n) is 10.0. The molecule has 1 atom stereocenters. The fourth-order valence-electron chi connectivity index (χ4n) is 3.58. The van der Waals surface area contributed by atoms with Crippen molar-refractivity contribution >= 4 is 19.5 Å². The van der Waals surface area contributed by atoms with Gasteiger partial charge in [0.2, 0.25) is 0 Å². The summed E-state index contributed by atoms with van der Waals surface area (Å²) in [5.74, 6) is 1.65. The predicted octanol–water partition coefficient (Wildman–Crippen LogP) is 1.62. The normalized spacial score (nSPS) is 16.3. The molecule has 1 fully saturated rings. The lowest BCUT2D eigenvalue weighted by Crippen LogP contribution is -2.38. The topological polar surface area (TPSA) is 142 Å². The van der Waals surface area contributed by atoms with E-state index in [0.717, 1.165) is 24.5 Å². The summed E-state index contributed by atoms with van der Waals surface area (Å²) < 4.78 is 22.0. The number of nitrogens with two attached hydrogens (primary N) is 1. The van der Waals surface area contributed by atoms with Crippen LogP contribution in [0.25, 0.3) is 11.3 Å². The Bertz CT molecular complexity index is 1080. The zero-order valence-electron chi connectivity index (χ0n) is 16.9. The molecule has 1 saturated heterocycles. The summed E-state index contributed by atoms with van der Waals surface area (Å²) in [6.45, 7) is 1.65. The fraction of sp³-hybridized carbons (Fsp3) is 0.350. The molecule has 0 radical (unpaired) electrons. The SMILES string of the molecule is Nc1c(-c2cc(Cc3ccc(N4CCCCC4)nc3)no2)ccc[n+]1COP(=O)([O-])O. The highest BCUT2D eigenvalue weighted by molar-refractivity contribution is 7.44. The van der Waals surface area contributed by atoms with Gasteiger partial charge in [0.15, 0.2) is 12.5 Å². The number of piperidine rings is 1. The minimum atomic E-state index is -4.86. The molecule has 4 heterocycles. The predicted molar refractivity (Wildman–Crippen MR) is 111 cm³/mol. The Morgan fingerprint density at radius 3 is 2.81 bits per heavy atom. The minimum Gasteiger partial charge on any atom is -0.756 e. The van der Waals surface area contributed by atoms with E-state index in [2.05, 4.69) is 19.6 Å². The summed E-state index contributed by atoms with van der Waals surface area (Å²) in [6.07, 6.45) is 7.63. The Kier molecular flexibility index (Phi) is 6.33. The van der Waals surface area contributed by atoms with Crippen LogP contribution in [0.3, 0.4) is 0 Å². The van der Waals surface area contributed by atoms with E-state index in [9.17, 15) is 9.46 Å². The van der Waals surface area contributed by atoms with E-state index >= 15 is 0 Å². The number of phosphoric acid groups is 1. The lowest BCUT2D eigenvalue weighted by molar-refractivity contribution is -0.712. The lowest BCUT2D eigenvalue weighted by atomic mass is 10.1. The van der Waals surface area contributed by atoms with Gasteiger partial charge in [-0.15, -0.1) is 0 Å². The first kappa shape index (κ1) is 21.5. The lowest BCUT2D eigenvalue weighted by Gasteiger charge is -2.27. The molecular formula is C20H24N5O5P. The van der Waals surface area contributed by atoms with Gasteiger partial charge in [-0.25, -0.2) is 9.55 Å². The maximum absolute atomic E-state index is 10.8. The second-order valence-corrected chi connectivity index (χ2v) is 8.63. The van der Waals surface area contributed by atoms with Gasteiger partial charge in [0.25, 0.3) is 13.6 Å². The van der Waals surface area contributed by atoms with Crippen molar-refractivity contribution in [2.24, 2.45) is 0 Å². The van der Waals surface area contributed by atoms with Gasteiger partial charge in [-0.1, -0.05) is 11.2 Å². The van der Waals surface area contributed by atoms with E-state index in [-0.39, 0.29) is 5.82 Å². The second-order valence-electron chi connectivity index (χ2n) is 7.44. The molecule has 1 aliphatic heterocycles. The molecule has 3 aromatic heterocycles. The van der Waals surface area contributed by atoms with Crippen molar-refractivity contribution in [3.63, 3.8) is 0 Å². The molecule has 3 aromatic rings. The van der Waals surface area contributed by atoms with Crippen LogP contribution < -0.4 is 20.1 Å². The summed E-state index contributed by atoms with van der Waals surface area (Å²) in [5, 5.41) is 4.11. The van der Waals surface area contributed by atoms with Gasteiger partial charge >= 0.3 is 0 Å². The fourth-order valence-corrected chi connectivity index (χ4v) is 3.85. The van der Waals surface area contributed by atoms with Crippen LogP contribution in [0.15, 0.2) is 47.2 Å². The first-order chi connectivity index (χ1) is 14.9. The number of nitrogen functional groups attached to an aromatic ring is 1. The molecule has 0 saturated carbocycles. The van der Waals surface area contributed by atoms with Crippen LogP contribution in [0.5, 0.6) is 0 Å². The maximum Gasteiger partial charge on any atom is 0.285 e. The Balaban J connectivity index is 1.45. The molecule has 3 N–H and O–H groups in total. The highest BCUT2D eigenvalue weighted by Gasteiger charge is 2.18. The van der Waals surface area contributed by atoms with Crippen molar-refractivity contribution in [3.05, 3.63) is 54.0 Å². The van der Waals surface area contributed by atoms with Crippen LogP contribution in [0.2, 0.25) is 0 Å². The van der Waals surface area contributed by atoms with E-state index in [0.29, 0.717) is 23.4 Å². The van der Waals surface area contributed by atoms with Crippen molar-refractivity contribution < 1.29 is 28.0 Å². The molecule has 11 heteroatoms. The number of pyridine rings is 2. The number of anilines is 2. The molecule has 0 spiro atoms. The Labute approximate surface area is 179 Å². The standard InChI is InChI=1S/C20H24N5O5P/c21-20-17(5-4-10-25(20)14-29-31(26,27)28)18-12-16(23-30-18)11-15-6-7-19(22-13-15)24-8-2-1-3-9-24/h4-7,10,12-13,21H,1-3,8-9,11,14H2,(H2,26,27,28). The number of phosphoric ester groups is 1. The molecule has 0 bridgehead atoms. The molecule has 31 heavy (non-hydrogen) atoms. The molecule has 0 aliphatic carbocycles. The number of hydrogen-bond donors (Lipinski definition) is 2.